The molecule has 0 fully saturated rings. The quantitative estimate of drug-likeness (QED) is 0.708. The minimum Gasteiger partial charge on any atom is -0.402 e. The van der Waals surface area contributed by atoms with Gasteiger partial charge in [0, 0.05) is 11.6 Å². The van der Waals surface area contributed by atoms with Crippen molar-refractivity contribution < 1.29 is 0 Å². The van der Waals surface area contributed by atoms with E-state index in [1.165, 1.54) is 11.1 Å². The number of hydrogen-bond donors (Lipinski definition) is 1. The molecule has 0 amide bonds. The highest BCUT2D eigenvalue weighted by Gasteiger charge is 2.07. The van der Waals surface area contributed by atoms with Gasteiger partial charge in [0.25, 0.3) is 0 Å². The maximum absolute atomic E-state index is 5.64. The Hall–Kier alpha value is -1.24. The van der Waals surface area contributed by atoms with Crippen molar-refractivity contribution in [1.29, 1.82) is 0 Å². The van der Waals surface area contributed by atoms with Gasteiger partial charge in [-0.25, -0.2) is 0 Å². The first kappa shape index (κ1) is 8.85. The van der Waals surface area contributed by atoms with Crippen LogP contribution in [0, 0.1) is 6.92 Å². The zero-order valence-electron chi connectivity index (χ0n) is 7.67. The summed E-state index contributed by atoms with van der Waals surface area (Å²) in [6.45, 7) is 7.92. The predicted molar refractivity (Wildman–Crippen MR) is 52.9 cm³/mol. The molecule has 64 valence electrons. The second-order valence-electron chi connectivity index (χ2n) is 3.15. The molecule has 1 atom stereocenters. The third kappa shape index (κ3) is 1.67. The lowest BCUT2D eigenvalue weighted by Gasteiger charge is -2.13. The van der Waals surface area contributed by atoms with Crippen LogP contribution < -0.4 is 5.73 Å². The van der Waals surface area contributed by atoms with Crippen molar-refractivity contribution in [2.24, 2.45) is 5.73 Å². The first-order valence-electron chi connectivity index (χ1n) is 4.12. The topological polar surface area (TPSA) is 26.0 Å². The standard InChI is InChI=1S/C11H15N/c1-8-6-4-5-7-11(8)9(2)10(3)12/h4-7,9H,3,12H2,1-2H3. The van der Waals surface area contributed by atoms with Crippen molar-refractivity contribution in [3.8, 4) is 0 Å². The highest BCUT2D eigenvalue weighted by Crippen LogP contribution is 2.22. The van der Waals surface area contributed by atoms with Crippen LogP contribution in [0.5, 0.6) is 0 Å². The molecule has 0 saturated heterocycles. The van der Waals surface area contributed by atoms with Crippen LogP contribution in [0.4, 0.5) is 0 Å². The lowest BCUT2D eigenvalue weighted by Crippen LogP contribution is -2.06. The van der Waals surface area contributed by atoms with Crippen molar-refractivity contribution >= 4 is 0 Å². The molecule has 0 heterocycles. The molecule has 0 aliphatic carbocycles. The third-order valence-electron chi connectivity index (χ3n) is 2.21. The Balaban J connectivity index is 3.02. The first-order valence-corrected chi connectivity index (χ1v) is 4.12. The minimum atomic E-state index is 0.256. The van der Waals surface area contributed by atoms with Crippen molar-refractivity contribution in [2.75, 3.05) is 0 Å². The third-order valence-corrected chi connectivity index (χ3v) is 2.21. The molecule has 12 heavy (non-hydrogen) atoms. The summed E-state index contributed by atoms with van der Waals surface area (Å²) < 4.78 is 0. The number of benzene rings is 1. The maximum atomic E-state index is 5.64. The second-order valence-corrected chi connectivity index (χ2v) is 3.15. The second kappa shape index (κ2) is 3.44. The van der Waals surface area contributed by atoms with Gasteiger partial charge in [0.05, 0.1) is 0 Å². The van der Waals surface area contributed by atoms with E-state index in [4.69, 9.17) is 5.73 Å². The summed E-state index contributed by atoms with van der Waals surface area (Å²) in [5, 5.41) is 0. The molecule has 1 aromatic carbocycles. The molecular weight excluding hydrogens is 146 g/mol. The fraction of sp³-hybridized carbons (Fsp3) is 0.273. The smallest absolute Gasteiger partial charge is 0.0203 e. The number of rotatable bonds is 2. The van der Waals surface area contributed by atoms with Crippen molar-refractivity contribution in [1.82, 2.24) is 0 Å². The zero-order chi connectivity index (χ0) is 9.14. The molecule has 0 bridgehead atoms. The molecular formula is C11H15N. The van der Waals surface area contributed by atoms with Crippen LogP contribution in [0.15, 0.2) is 36.5 Å². The van der Waals surface area contributed by atoms with Crippen LogP contribution in [0.25, 0.3) is 0 Å². The molecule has 0 saturated carbocycles. The Labute approximate surface area is 73.9 Å². The van der Waals surface area contributed by atoms with Gasteiger partial charge in [-0.05, 0) is 18.1 Å². The summed E-state index contributed by atoms with van der Waals surface area (Å²) in [4.78, 5) is 0. The van der Waals surface area contributed by atoms with Crippen LogP contribution in [0.1, 0.15) is 24.0 Å². The summed E-state index contributed by atoms with van der Waals surface area (Å²) in [6, 6.07) is 8.25. The molecule has 2 N–H and O–H groups in total. The first-order chi connectivity index (χ1) is 5.63. The lowest BCUT2D eigenvalue weighted by molar-refractivity contribution is 0.873. The van der Waals surface area contributed by atoms with E-state index >= 15 is 0 Å². The average molecular weight is 161 g/mol. The molecule has 0 spiro atoms. The van der Waals surface area contributed by atoms with Crippen molar-refractivity contribution in [3.05, 3.63) is 47.7 Å². The van der Waals surface area contributed by atoms with E-state index in [1.54, 1.807) is 0 Å². The van der Waals surface area contributed by atoms with E-state index < -0.39 is 0 Å². The van der Waals surface area contributed by atoms with Gasteiger partial charge >= 0.3 is 0 Å². The lowest BCUT2D eigenvalue weighted by atomic mass is 9.95. The zero-order valence-corrected chi connectivity index (χ0v) is 7.67. The molecule has 1 rings (SSSR count). The average Bonchev–Trinajstić information content (AvgIpc) is 2.04. The normalized spacial score (nSPS) is 12.5. The van der Waals surface area contributed by atoms with Crippen molar-refractivity contribution in [3.63, 3.8) is 0 Å². The van der Waals surface area contributed by atoms with Gasteiger partial charge < -0.3 is 5.73 Å². The molecule has 1 heteroatoms. The highest BCUT2D eigenvalue weighted by atomic mass is 14.6. The summed E-state index contributed by atoms with van der Waals surface area (Å²) in [5.74, 6) is 0.256. The van der Waals surface area contributed by atoms with Gasteiger partial charge in [0.15, 0.2) is 0 Å². The van der Waals surface area contributed by atoms with Crippen LogP contribution in [0.2, 0.25) is 0 Å². The van der Waals surface area contributed by atoms with E-state index in [-0.39, 0.29) is 5.92 Å². The Bertz CT molecular complexity index is 289. The monoisotopic (exact) mass is 161 g/mol. The number of aryl methyl sites for hydroxylation is 1. The summed E-state index contributed by atoms with van der Waals surface area (Å²) >= 11 is 0. The fourth-order valence-electron chi connectivity index (χ4n) is 1.27. The van der Waals surface area contributed by atoms with Crippen LogP contribution in [-0.2, 0) is 0 Å². The Morgan fingerprint density at radius 1 is 1.42 bits per heavy atom. The molecule has 0 aliphatic rings. The van der Waals surface area contributed by atoms with Crippen LogP contribution in [0.3, 0.4) is 0 Å². The van der Waals surface area contributed by atoms with Gasteiger partial charge in [-0.3, -0.25) is 0 Å². The van der Waals surface area contributed by atoms with E-state index in [0.717, 1.165) is 5.70 Å². The largest absolute Gasteiger partial charge is 0.402 e. The summed E-state index contributed by atoms with van der Waals surface area (Å²) in [7, 11) is 0. The van der Waals surface area contributed by atoms with E-state index in [0.29, 0.717) is 0 Å². The predicted octanol–water partition coefficient (Wildman–Crippen LogP) is 2.57. The summed E-state index contributed by atoms with van der Waals surface area (Å²) in [5.41, 5.74) is 8.91. The number of nitrogens with two attached hydrogens (primary N) is 1. The van der Waals surface area contributed by atoms with Gasteiger partial charge in [-0.2, -0.15) is 0 Å². The fourth-order valence-corrected chi connectivity index (χ4v) is 1.27. The summed E-state index contributed by atoms with van der Waals surface area (Å²) in [6.07, 6.45) is 0. The molecule has 1 unspecified atom stereocenters. The van der Waals surface area contributed by atoms with E-state index in [1.807, 2.05) is 12.1 Å². The molecule has 0 radical (unpaired) electrons. The Morgan fingerprint density at radius 2 is 2.00 bits per heavy atom. The van der Waals surface area contributed by atoms with Crippen LogP contribution >= 0.6 is 0 Å². The SMILES string of the molecule is C=C(N)C(C)c1ccccc1C. The maximum Gasteiger partial charge on any atom is 0.0203 e. The molecule has 1 aromatic rings. The van der Waals surface area contributed by atoms with Gasteiger partial charge in [0.1, 0.15) is 0 Å². The molecule has 0 aromatic heterocycles. The Morgan fingerprint density at radius 3 is 2.50 bits per heavy atom. The highest BCUT2D eigenvalue weighted by molar-refractivity contribution is 5.32. The number of allylic oxidation sites excluding steroid dienone is 1. The van der Waals surface area contributed by atoms with Gasteiger partial charge in [-0.15, -0.1) is 0 Å². The Kier molecular flexibility index (Phi) is 2.54. The van der Waals surface area contributed by atoms with E-state index in [9.17, 15) is 0 Å². The van der Waals surface area contributed by atoms with E-state index in [2.05, 4.69) is 32.6 Å². The minimum absolute atomic E-state index is 0.256. The van der Waals surface area contributed by atoms with Gasteiger partial charge in [-0.1, -0.05) is 37.8 Å². The molecule has 0 aliphatic heterocycles. The van der Waals surface area contributed by atoms with Crippen molar-refractivity contribution in [2.45, 2.75) is 19.8 Å². The molecule has 1 nitrogen and oxygen atoms in total. The van der Waals surface area contributed by atoms with Crippen LogP contribution in [-0.4, -0.2) is 0 Å². The number of hydrogen-bond acceptors (Lipinski definition) is 1. The van der Waals surface area contributed by atoms with Gasteiger partial charge in [0.2, 0.25) is 0 Å².